The molecular formula is C16H26ClN3O4S. The molecule has 0 bridgehead atoms. The molecule has 142 valence electrons. The summed E-state index contributed by atoms with van der Waals surface area (Å²) in [6.45, 7) is 2.60. The van der Waals surface area contributed by atoms with Crippen molar-refractivity contribution in [1.29, 1.82) is 0 Å². The molecule has 1 aliphatic rings. The molecule has 1 aliphatic heterocycles. The fourth-order valence-corrected chi connectivity index (χ4v) is 3.74. The van der Waals surface area contributed by atoms with Gasteiger partial charge in [0.15, 0.2) is 0 Å². The van der Waals surface area contributed by atoms with E-state index < -0.39 is 10.0 Å². The molecule has 1 heterocycles. The second-order valence-electron chi connectivity index (χ2n) is 6.06. The maximum absolute atomic E-state index is 12.4. The molecule has 1 atom stereocenters. The van der Waals surface area contributed by atoms with E-state index in [-0.39, 0.29) is 29.0 Å². The van der Waals surface area contributed by atoms with Gasteiger partial charge in [-0.1, -0.05) is 0 Å². The van der Waals surface area contributed by atoms with Crippen LogP contribution in [0.2, 0.25) is 0 Å². The van der Waals surface area contributed by atoms with E-state index in [1.165, 1.54) is 33.3 Å². The van der Waals surface area contributed by atoms with E-state index in [1.807, 2.05) is 0 Å². The van der Waals surface area contributed by atoms with E-state index in [9.17, 15) is 13.2 Å². The Balaban J connectivity index is 0.00000312. The van der Waals surface area contributed by atoms with Gasteiger partial charge in [-0.2, -0.15) is 0 Å². The van der Waals surface area contributed by atoms with Gasteiger partial charge in [-0.15, -0.1) is 12.4 Å². The highest BCUT2D eigenvalue weighted by Crippen LogP contribution is 2.26. The molecule has 1 aromatic rings. The van der Waals surface area contributed by atoms with Gasteiger partial charge in [0.2, 0.25) is 10.0 Å². The highest BCUT2D eigenvalue weighted by atomic mass is 35.5. The lowest BCUT2D eigenvalue weighted by Crippen LogP contribution is -2.27. The number of nitrogens with one attached hydrogen (secondary N) is 2. The average molecular weight is 392 g/mol. The van der Waals surface area contributed by atoms with E-state index in [1.54, 1.807) is 6.07 Å². The quantitative estimate of drug-likeness (QED) is 0.726. The Morgan fingerprint density at radius 2 is 2.12 bits per heavy atom. The van der Waals surface area contributed by atoms with E-state index in [2.05, 4.69) is 10.6 Å². The second kappa shape index (κ2) is 9.38. The zero-order chi connectivity index (χ0) is 17.7. The number of carbonyl (C=O) groups excluding carboxylic acids is 1. The maximum Gasteiger partial charge on any atom is 0.251 e. The summed E-state index contributed by atoms with van der Waals surface area (Å²) in [5.41, 5.74) is 0.306. The number of benzene rings is 1. The van der Waals surface area contributed by atoms with Crippen LogP contribution in [0.3, 0.4) is 0 Å². The summed E-state index contributed by atoms with van der Waals surface area (Å²) in [6, 6.07) is 4.44. The van der Waals surface area contributed by atoms with Crippen LogP contribution < -0.4 is 15.4 Å². The highest BCUT2D eigenvalue weighted by molar-refractivity contribution is 7.89. The molecule has 0 saturated carbocycles. The normalized spacial score (nSPS) is 17.2. The van der Waals surface area contributed by atoms with Crippen LogP contribution >= 0.6 is 12.4 Å². The first-order chi connectivity index (χ1) is 11.4. The summed E-state index contributed by atoms with van der Waals surface area (Å²) in [6.07, 6.45) is 2.04. The lowest BCUT2D eigenvalue weighted by atomic mass is 10.1. The van der Waals surface area contributed by atoms with E-state index >= 15 is 0 Å². The summed E-state index contributed by atoms with van der Waals surface area (Å²) in [7, 11) is 0.596. The van der Waals surface area contributed by atoms with Crippen LogP contribution in [0.25, 0.3) is 0 Å². The number of hydrogen-bond acceptors (Lipinski definition) is 5. The van der Waals surface area contributed by atoms with Gasteiger partial charge in [0, 0.05) is 26.2 Å². The zero-order valence-electron chi connectivity index (χ0n) is 14.7. The van der Waals surface area contributed by atoms with Crippen molar-refractivity contribution in [3.05, 3.63) is 23.8 Å². The lowest BCUT2D eigenvalue weighted by molar-refractivity contribution is 0.0951. The summed E-state index contributed by atoms with van der Waals surface area (Å²) < 4.78 is 31.0. The Morgan fingerprint density at radius 3 is 2.68 bits per heavy atom. The molecule has 7 nitrogen and oxygen atoms in total. The van der Waals surface area contributed by atoms with Crippen LogP contribution in [-0.4, -0.2) is 59.5 Å². The van der Waals surface area contributed by atoms with E-state index in [4.69, 9.17) is 4.74 Å². The predicted molar refractivity (Wildman–Crippen MR) is 99.0 cm³/mol. The number of ether oxygens (including phenoxy) is 1. The van der Waals surface area contributed by atoms with Gasteiger partial charge in [0.25, 0.3) is 5.91 Å². The van der Waals surface area contributed by atoms with Gasteiger partial charge in [0.1, 0.15) is 10.6 Å². The van der Waals surface area contributed by atoms with Crippen molar-refractivity contribution >= 4 is 28.3 Å². The van der Waals surface area contributed by atoms with Gasteiger partial charge in [-0.05, 0) is 50.0 Å². The second-order valence-corrected chi connectivity index (χ2v) is 8.18. The zero-order valence-corrected chi connectivity index (χ0v) is 16.4. The summed E-state index contributed by atoms with van der Waals surface area (Å²) in [4.78, 5) is 12.3. The summed E-state index contributed by atoms with van der Waals surface area (Å²) in [5, 5.41) is 6.15. The van der Waals surface area contributed by atoms with E-state index in [0.29, 0.717) is 18.0 Å². The molecule has 1 unspecified atom stereocenters. The van der Waals surface area contributed by atoms with Crippen molar-refractivity contribution in [3.8, 4) is 5.75 Å². The van der Waals surface area contributed by atoms with Crippen molar-refractivity contribution in [2.75, 3.05) is 40.8 Å². The van der Waals surface area contributed by atoms with Gasteiger partial charge in [0.05, 0.1) is 7.11 Å². The van der Waals surface area contributed by atoms with Crippen molar-refractivity contribution in [2.45, 2.75) is 17.7 Å². The van der Waals surface area contributed by atoms with Crippen molar-refractivity contribution in [1.82, 2.24) is 14.9 Å². The monoisotopic (exact) mass is 391 g/mol. The third kappa shape index (κ3) is 5.31. The first-order valence-electron chi connectivity index (χ1n) is 7.95. The van der Waals surface area contributed by atoms with Crippen LogP contribution in [0.15, 0.2) is 23.1 Å². The molecule has 0 radical (unpaired) electrons. The first-order valence-corrected chi connectivity index (χ1v) is 9.39. The molecule has 0 aliphatic carbocycles. The van der Waals surface area contributed by atoms with Gasteiger partial charge >= 0.3 is 0 Å². The van der Waals surface area contributed by atoms with Crippen LogP contribution in [0, 0.1) is 5.92 Å². The fraction of sp³-hybridized carbons (Fsp3) is 0.562. The van der Waals surface area contributed by atoms with Crippen molar-refractivity contribution < 1.29 is 17.9 Å². The molecule has 1 fully saturated rings. The Bertz CT molecular complexity index is 689. The molecular weight excluding hydrogens is 366 g/mol. The molecule has 25 heavy (non-hydrogen) atoms. The highest BCUT2D eigenvalue weighted by Gasteiger charge is 2.24. The smallest absolute Gasteiger partial charge is 0.251 e. The Labute approximate surface area is 155 Å². The number of amides is 1. The van der Waals surface area contributed by atoms with Crippen LogP contribution in [0.1, 0.15) is 23.2 Å². The topological polar surface area (TPSA) is 87.7 Å². The molecule has 0 aromatic heterocycles. The first kappa shape index (κ1) is 21.7. The van der Waals surface area contributed by atoms with Gasteiger partial charge in [-0.25, -0.2) is 12.7 Å². The number of halogens is 1. The lowest BCUT2D eigenvalue weighted by Gasteiger charge is -2.15. The van der Waals surface area contributed by atoms with Gasteiger partial charge in [-0.3, -0.25) is 4.79 Å². The Kier molecular flexibility index (Phi) is 8.14. The number of nitrogens with zero attached hydrogens (tertiary/aromatic N) is 1. The predicted octanol–water partition coefficient (Wildman–Crippen LogP) is 1.10. The molecule has 1 amide bonds. The third-order valence-electron chi connectivity index (χ3n) is 4.18. The molecule has 1 aromatic carbocycles. The number of sulfonamides is 1. The standard InChI is InChI=1S/C16H25N3O4S.ClH/c1-19(2)24(21,22)15-10-13(4-5-14(15)23-3)16(20)18-9-7-12-6-8-17-11-12;/h4-5,10,12,17H,6-9,11H2,1-3H3,(H,18,20);1H. The minimum Gasteiger partial charge on any atom is -0.495 e. The van der Waals surface area contributed by atoms with Gasteiger partial charge < -0.3 is 15.4 Å². The number of carbonyl (C=O) groups is 1. The third-order valence-corrected chi connectivity index (χ3v) is 6.02. The molecule has 9 heteroatoms. The molecule has 0 spiro atoms. The van der Waals surface area contributed by atoms with Crippen molar-refractivity contribution in [2.24, 2.45) is 5.92 Å². The van der Waals surface area contributed by atoms with Crippen LogP contribution in [-0.2, 0) is 10.0 Å². The molecule has 2 N–H and O–H groups in total. The fourth-order valence-electron chi connectivity index (χ4n) is 2.67. The largest absolute Gasteiger partial charge is 0.495 e. The molecule has 2 rings (SSSR count). The van der Waals surface area contributed by atoms with Crippen LogP contribution in [0.4, 0.5) is 0 Å². The van der Waals surface area contributed by atoms with Crippen LogP contribution in [0.5, 0.6) is 5.75 Å². The number of hydrogen-bond donors (Lipinski definition) is 2. The van der Waals surface area contributed by atoms with Crippen molar-refractivity contribution in [3.63, 3.8) is 0 Å². The SMILES string of the molecule is COc1ccc(C(=O)NCCC2CCNC2)cc1S(=O)(=O)N(C)C.Cl. The Hall–Kier alpha value is -1.35. The van der Waals surface area contributed by atoms with E-state index in [0.717, 1.165) is 30.2 Å². The molecule has 1 saturated heterocycles. The average Bonchev–Trinajstić information content (AvgIpc) is 3.07. The minimum absolute atomic E-state index is 0. The summed E-state index contributed by atoms with van der Waals surface area (Å²) in [5.74, 6) is 0.530. The number of methoxy groups -OCH3 is 1. The minimum atomic E-state index is -3.69. The maximum atomic E-state index is 12.4. The number of rotatable bonds is 7. The summed E-state index contributed by atoms with van der Waals surface area (Å²) >= 11 is 0. The Morgan fingerprint density at radius 1 is 1.40 bits per heavy atom.